The Morgan fingerprint density at radius 2 is 1.88 bits per heavy atom. The molecule has 0 heterocycles. The molecule has 1 aromatic rings. The van der Waals surface area contributed by atoms with Crippen molar-refractivity contribution in [3.05, 3.63) is 24.3 Å². The van der Waals surface area contributed by atoms with E-state index in [1.165, 1.54) is 25.7 Å². The highest BCUT2D eigenvalue weighted by Crippen LogP contribution is 2.23. The van der Waals surface area contributed by atoms with Gasteiger partial charge < -0.3 is 15.2 Å². The quantitative estimate of drug-likeness (QED) is 0.802. The SMILES string of the molecule is OCCOc1ccc(NC2CCCC2)cc1. The number of hydrogen-bond donors (Lipinski definition) is 2. The minimum absolute atomic E-state index is 0.0576. The van der Waals surface area contributed by atoms with Crippen molar-refractivity contribution in [1.82, 2.24) is 0 Å². The lowest BCUT2D eigenvalue weighted by molar-refractivity contribution is 0.201. The predicted molar refractivity (Wildman–Crippen MR) is 64.9 cm³/mol. The second-order valence-electron chi connectivity index (χ2n) is 4.22. The van der Waals surface area contributed by atoms with Crippen molar-refractivity contribution < 1.29 is 9.84 Å². The second kappa shape index (κ2) is 5.75. The molecule has 1 aromatic carbocycles. The largest absolute Gasteiger partial charge is 0.491 e. The molecule has 88 valence electrons. The fourth-order valence-electron chi connectivity index (χ4n) is 2.12. The Kier molecular flexibility index (Phi) is 4.05. The molecule has 0 unspecified atom stereocenters. The summed E-state index contributed by atoms with van der Waals surface area (Å²) in [6.45, 7) is 0.414. The molecule has 0 aromatic heterocycles. The van der Waals surface area contributed by atoms with Gasteiger partial charge in [-0.05, 0) is 37.1 Å². The standard InChI is InChI=1S/C13H19NO2/c15-9-10-16-13-7-5-12(6-8-13)14-11-3-1-2-4-11/h5-8,11,14-15H,1-4,9-10H2. The summed E-state index contributed by atoms with van der Waals surface area (Å²) in [6.07, 6.45) is 5.25. The Morgan fingerprint density at radius 1 is 1.19 bits per heavy atom. The van der Waals surface area contributed by atoms with Crippen molar-refractivity contribution in [2.45, 2.75) is 31.7 Å². The number of benzene rings is 1. The van der Waals surface area contributed by atoms with Crippen LogP contribution in [0.5, 0.6) is 5.75 Å². The van der Waals surface area contributed by atoms with Crippen LogP contribution < -0.4 is 10.1 Å². The third-order valence-electron chi connectivity index (χ3n) is 2.94. The maximum Gasteiger partial charge on any atom is 0.119 e. The van der Waals surface area contributed by atoms with E-state index in [0.717, 1.165) is 11.4 Å². The summed E-state index contributed by atoms with van der Waals surface area (Å²) in [4.78, 5) is 0. The summed E-state index contributed by atoms with van der Waals surface area (Å²) in [6, 6.07) is 8.58. The molecular weight excluding hydrogens is 202 g/mol. The summed E-state index contributed by atoms with van der Waals surface area (Å²) in [5, 5.41) is 12.2. The van der Waals surface area contributed by atoms with E-state index >= 15 is 0 Å². The fraction of sp³-hybridized carbons (Fsp3) is 0.538. The van der Waals surface area contributed by atoms with E-state index in [1.807, 2.05) is 24.3 Å². The average Bonchev–Trinajstić information content (AvgIpc) is 2.81. The highest BCUT2D eigenvalue weighted by molar-refractivity contribution is 5.47. The Balaban J connectivity index is 1.86. The maximum atomic E-state index is 8.63. The number of ether oxygens (including phenoxy) is 1. The lowest BCUT2D eigenvalue weighted by atomic mass is 10.2. The average molecular weight is 221 g/mol. The molecule has 0 saturated heterocycles. The van der Waals surface area contributed by atoms with E-state index in [0.29, 0.717) is 12.6 Å². The molecule has 0 spiro atoms. The van der Waals surface area contributed by atoms with E-state index in [9.17, 15) is 0 Å². The first-order valence-corrected chi connectivity index (χ1v) is 5.99. The zero-order chi connectivity index (χ0) is 11.2. The highest BCUT2D eigenvalue weighted by Gasteiger charge is 2.13. The molecule has 1 fully saturated rings. The zero-order valence-corrected chi connectivity index (χ0v) is 9.48. The predicted octanol–water partition coefficient (Wildman–Crippen LogP) is 2.41. The van der Waals surface area contributed by atoms with Gasteiger partial charge in [0.15, 0.2) is 0 Å². The molecule has 2 rings (SSSR count). The van der Waals surface area contributed by atoms with Crippen molar-refractivity contribution in [2.75, 3.05) is 18.5 Å². The Labute approximate surface area is 96.4 Å². The Morgan fingerprint density at radius 3 is 2.50 bits per heavy atom. The van der Waals surface area contributed by atoms with Gasteiger partial charge in [0.2, 0.25) is 0 Å². The van der Waals surface area contributed by atoms with Crippen LogP contribution in [0.2, 0.25) is 0 Å². The zero-order valence-electron chi connectivity index (χ0n) is 9.48. The third-order valence-corrected chi connectivity index (χ3v) is 2.94. The number of rotatable bonds is 5. The van der Waals surface area contributed by atoms with Crippen molar-refractivity contribution in [3.63, 3.8) is 0 Å². The van der Waals surface area contributed by atoms with Gasteiger partial charge in [0.25, 0.3) is 0 Å². The number of aliphatic hydroxyl groups excluding tert-OH is 1. The topological polar surface area (TPSA) is 41.5 Å². The summed E-state index contributed by atoms with van der Waals surface area (Å²) in [5.41, 5.74) is 1.16. The van der Waals surface area contributed by atoms with Crippen molar-refractivity contribution in [1.29, 1.82) is 0 Å². The molecule has 1 saturated carbocycles. The van der Waals surface area contributed by atoms with Crippen molar-refractivity contribution in [3.8, 4) is 5.75 Å². The molecule has 0 bridgehead atoms. The summed E-state index contributed by atoms with van der Waals surface area (Å²) in [7, 11) is 0. The third kappa shape index (κ3) is 3.14. The smallest absolute Gasteiger partial charge is 0.119 e. The number of hydrogen-bond acceptors (Lipinski definition) is 3. The molecule has 3 nitrogen and oxygen atoms in total. The second-order valence-corrected chi connectivity index (χ2v) is 4.22. The van der Waals surface area contributed by atoms with E-state index in [1.54, 1.807) is 0 Å². The van der Waals surface area contributed by atoms with Gasteiger partial charge in [-0.2, -0.15) is 0 Å². The lowest BCUT2D eigenvalue weighted by Crippen LogP contribution is -2.14. The molecule has 0 aliphatic heterocycles. The van der Waals surface area contributed by atoms with E-state index < -0.39 is 0 Å². The van der Waals surface area contributed by atoms with E-state index in [-0.39, 0.29) is 6.61 Å². The minimum atomic E-state index is 0.0576. The van der Waals surface area contributed by atoms with Crippen molar-refractivity contribution in [2.24, 2.45) is 0 Å². The van der Waals surface area contributed by atoms with Crippen LogP contribution in [0.25, 0.3) is 0 Å². The molecule has 1 aliphatic rings. The number of anilines is 1. The number of aliphatic hydroxyl groups is 1. The van der Waals surface area contributed by atoms with Crippen LogP contribution >= 0.6 is 0 Å². The lowest BCUT2D eigenvalue weighted by Gasteiger charge is -2.13. The fourth-order valence-corrected chi connectivity index (χ4v) is 2.12. The van der Waals surface area contributed by atoms with Gasteiger partial charge in [-0.1, -0.05) is 12.8 Å². The van der Waals surface area contributed by atoms with Crippen LogP contribution in [0.3, 0.4) is 0 Å². The minimum Gasteiger partial charge on any atom is -0.491 e. The van der Waals surface area contributed by atoms with Gasteiger partial charge in [0.05, 0.1) is 6.61 Å². The van der Waals surface area contributed by atoms with Gasteiger partial charge in [-0.25, -0.2) is 0 Å². The molecule has 0 radical (unpaired) electrons. The first-order valence-electron chi connectivity index (χ1n) is 5.99. The molecule has 3 heteroatoms. The van der Waals surface area contributed by atoms with E-state index in [4.69, 9.17) is 9.84 Å². The van der Waals surface area contributed by atoms with Crippen molar-refractivity contribution >= 4 is 5.69 Å². The summed E-state index contributed by atoms with van der Waals surface area (Å²) < 4.78 is 5.30. The van der Waals surface area contributed by atoms with Gasteiger partial charge >= 0.3 is 0 Å². The van der Waals surface area contributed by atoms with Gasteiger partial charge in [0.1, 0.15) is 12.4 Å². The summed E-state index contributed by atoms with van der Waals surface area (Å²) in [5.74, 6) is 0.811. The molecular formula is C13H19NO2. The molecule has 2 N–H and O–H groups in total. The van der Waals surface area contributed by atoms with Gasteiger partial charge in [-0.3, -0.25) is 0 Å². The maximum absolute atomic E-state index is 8.63. The van der Waals surface area contributed by atoms with Crippen LogP contribution in [0.15, 0.2) is 24.3 Å². The molecule has 0 atom stereocenters. The molecule has 1 aliphatic carbocycles. The van der Waals surface area contributed by atoms with Gasteiger partial charge in [-0.15, -0.1) is 0 Å². The molecule has 16 heavy (non-hydrogen) atoms. The monoisotopic (exact) mass is 221 g/mol. The van der Waals surface area contributed by atoms with Crippen LogP contribution in [-0.2, 0) is 0 Å². The van der Waals surface area contributed by atoms with Crippen LogP contribution in [0.4, 0.5) is 5.69 Å². The Bertz CT molecular complexity index is 304. The first-order chi connectivity index (χ1) is 7.88. The normalized spacial score (nSPS) is 16.3. The van der Waals surface area contributed by atoms with Gasteiger partial charge in [0, 0.05) is 11.7 Å². The first kappa shape index (κ1) is 11.3. The van der Waals surface area contributed by atoms with Crippen LogP contribution in [0, 0.1) is 0 Å². The summed E-state index contributed by atoms with van der Waals surface area (Å²) >= 11 is 0. The highest BCUT2D eigenvalue weighted by atomic mass is 16.5. The van der Waals surface area contributed by atoms with Crippen LogP contribution in [0.1, 0.15) is 25.7 Å². The van der Waals surface area contributed by atoms with Crippen LogP contribution in [-0.4, -0.2) is 24.4 Å². The molecule has 0 amide bonds. The number of nitrogens with one attached hydrogen (secondary N) is 1. The van der Waals surface area contributed by atoms with E-state index in [2.05, 4.69) is 5.32 Å². The Hall–Kier alpha value is -1.22.